The van der Waals surface area contributed by atoms with Crippen LogP contribution in [-0.2, 0) is 17.8 Å². The van der Waals surface area contributed by atoms with Crippen molar-refractivity contribution in [3.8, 4) is 11.5 Å². The molecule has 0 unspecified atom stereocenters. The predicted octanol–water partition coefficient (Wildman–Crippen LogP) is 4.26. The molecule has 8 heteroatoms. The molecule has 0 saturated carbocycles. The molecule has 0 aliphatic carbocycles. The van der Waals surface area contributed by atoms with Crippen LogP contribution in [0.25, 0.3) is 0 Å². The van der Waals surface area contributed by atoms with Crippen LogP contribution in [0.15, 0.2) is 50.5 Å². The Morgan fingerprint density at radius 3 is 2.44 bits per heavy atom. The van der Waals surface area contributed by atoms with E-state index in [9.17, 15) is 4.79 Å². The van der Waals surface area contributed by atoms with Gasteiger partial charge in [-0.1, -0.05) is 35.5 Å². The molecule has 0 saturated heterocycles. The van der Waals surface area contributed by atoms with Gasteiger partial charge >= 0.3 is 5.97 Å². The summed E-state index contributed by atoms with van der Waals surface area (Å²) < 4.78 is 12.4. The summed E-state index contributed by atoms with van der Waals surface area (Å²) in [5.41, 5.74) is 1.09. The van der Waals surface area contributed by atoms with Crippen LogP contribution in [0.2, 0.25) is 0 Å². The number of oxime groups is 1. The summed E-state index contributed by atoms with van der Waals surface area (Å²) >= 11 is 6.81. The predicted molar refractivity (Wildman–Crippen MR) is 99.7 cm³/mol. The monoisotopic (exact) mass is 471 g/mol. The van der Waals surface area contributed by atoms with Gasteiger partial charge in [-0.25, -0.2) is 4.79 Å². The van der Waals surface area contributed by atoms with Gasteiger partial charge < -0.3 is 19.8 Å². The molecule has 0 aliphatic heterocycles. The van der Waals surface area contributed by atoms with E-state index in [4.69, 9.17) is 19.8 Å². The Hall–Kier alpha value is -2.06. The SMILES string of the molecule is COc1c(Br)cc(C/C(=N\O)C(=O)O)c(OCc2ccccc2)c1Br. The molecule has 0 amide bonds. The first-order chi connectivity index (χ1) is 12.0. The van der Waals surface area contributed by atoms with E-state index in [1.807, 2.05) is 30.3 Å². The van der Waals surface area contributed by atoms with E-state index in [0.717, 1.165) is 5.56 Å². The molecule has 132 valence electrons. The Kier molecular flexibility index (Phi) is 6.83. The topological polar surface area (TPSA) is 88.4 Å². The van der Waals surface area contributed by atoms with Crippen LogP contribution in [0.3, 0.4) is 0 Å². The number of ether oxygens (including phenoxy) is 2. The van der Waals surface area contributed by atoms with Crippen LogP contribution in [0.5, 0.6) is 11.5 Å². The van der Waals surface area contributed by atoms with Crippen molar-refractivity contribution in [1.82, 2.24) is 0 Å². The van der Waals surface area contributed by atoms with E-state index in [1.165, 1.54) is 7.11 Å². The molecule has 0 heterocycles. The van der Waals surface area contributed by atoms with Crippen molar-refractivity contribution in [2.75, 3.05) is 7.11 Å². The number of methoxy groups -OCH3 is 1. The van der Waals surface area contributed by atoms with Crippen LogP contribution in [0, 0.1) is 0 Å². The van der Waals surface area contributed by atoms with Gasteiger partial charge in [-0.15, -0.1) is 0 Å². The van der Waals surface area contributed by atoms with Crippen LogP contribution in [0.1, 0.15) is 11.1 Å². The minimum atomic E-state index is -1.31. The summed E-state index contributed by atoms with van der Waals surface area (Å²) in [6.07, 6.45) is -0.114. The highest BCUT2D eigenvalue weighted by molar-refractivity contribution is 9.11. The van der Waals surface area contributed by atoms with E-state index in [2.05, 4.69) is 37.0 Å². The van der Waals surface area contributed by atoms with Crippen LogP contribution in [-0.4, -0.2) is 29.1 Å². The zero-order valence-electron chi connectivity index (χ0n) is 13.2. The molecule has 0 aromatic heterocycles. The van der Waals surface area contributed by atoms with Crippen LogP contribution < -0.4 is 9.47 Å². The van der Waals surface area contributed by atoms with Gasteiger partial charge in [0.25, 0.3) is 0 Å². The zero-order valence-corrected chi connectivity index (χ0v) is 16.4. The summed E-state index contributed by atoms with van der Waals surface area (Å²) in [5.74, 6) is -0.365. The number of hydrogen-bond donors (Lipinski definition) is 2. The third-order valence-corrected chi connectivity index (χ3v) is 4.67. The smallest absolute Gasteiger partial charge is 0.354 e. The van der Waals surface area contributed by atoms with Gasteiger partial charge in [0.2, 0.25) is 0 Å². The molecule has 0 bridgehead atoms. The Labute approximate surface area is 161 Å². The lowest BCUT2D eigenvalue weighted by atomic mass is 10.1. The van der Waals surface area contributed by atoms with E-state index in [-0.39, 0.29) is 13.0 Å². The first kappa shape index (κ1) is 19.3. The largest absolute Gasteiger partial charge is 0.494 e. The normalized spacial score (nSPS) is 11.2. The summed E-state index contributed by atoms with van der Waals surface area (Å²) in [7, 11) is 1.52. The summed E-state index contributed by atoms with van der Waals surface area (Å²) in [5, 5.41) is 20.9. The van der Waals surface area contributed by atoms with E-state index < -0.39 is 11.7 Å². The van der Waals surface area contributed by atoms with Crippen LogP contribution in [0.4, 0.5) is 0 Å². The second kappa shape index (κ2) is 8.87. The molecule has 2 aromatic carbocycles. The van der Waals surface area contributed by atoms with Crippen molar-refractivity contribution in [2.24, 2.45) is 5.16 Å². The van der Waals surface area contributed by atoms with E-state index >= 15 is 0 Å². The Morgan fingerprint density at radius 2 is 1.88 bits per heavy atom. The molecule has 0 fully saturated rings. The fraction of sp³-hybridized carbons (Fsp3) is 0.176. The molecule has 0 radical (unpaired) electrons. The zero-order chi connectivity index (χ0) is 18.4. The van der Waals surface area contributed by atoms with E-state index in [1.54, 1.807) is 6.07 Å². The van der Waals surface area contributed by atoms with E-state index in [0.29, 0.717) is 26.0 Å². The second-order valence-electron chi connectivity index (χ2n) is 5.00. The quantitative estimate of drug-likeness (QED) is 0.357. The van der Waals surface area contributed by atoms with Crippen molar-refractivity contribution in [2.45, 2.75) is 13.0 Å². The van der Waals surface area contributed by atoms with Gasteiger partial charge in [-0.2, -0.15) is 0 Å². The number of hydrogen-bond acceptors (Lipinski definition) is 5. The van der Waals surface area contributed by atoms with Crippen molar-refractivity contribution in [3.63, 3.8) is 0 Å². The van der Waals surface area contributed by atoms with Crippen LogP contribution >= 0.6 is 31.9 Å². The lowest BCUT2D eigenvalue weighted by molar-refractivity contribution is -0.129. The van der Waals surface area contributed by atoms with Crippen molar-refractivity contribution in [1.29, 1.82) is 0 Å². The first-order valence-corrected chi connectivity index (χ1v) is 8.72. The highest BCUT2D eigenvalue weighted by Crippen LogP contribution is 2.43. The Balaban J connectivity index is 2.41. The fourth-order valence-corrected chi connectivity index (χ4v) is 3.82. The fourth-order valence-electron chi connectivity index (χ4n) is 2.17. The van der Waals surface area contributed by atoms with Gasteiger partial charge in [0.05, 0.1) is 11.6 Å². The number of carboxylic acid groups (broad SMARTS) is 1. The molecule has 0 aliphatic rings. The standard InChI is InChI=1S/C17H15Br2NO5/c1-24-16-12(18)7-11(8-13(20-23)17(21)22)15(14(16)19)25-9-10-5-3-2-4-6-10/h2-7,23H,8-9H2,1H3,(H,21,22)/b20-13+. The minimum Gasteiger partial charge on any atom is -0.494 e. The maximum absolute atomic E-state index is 11.1. The Morgan fingerprint density at radius 1 is 1.20 bits per heavy atom. The number of benzene rings is 2. The molecule has 0 atom stereocenters. The average molecular weight is 473 g/mol. The molecule has 25 heavy (non-hydrogen) atoms. The maximum Gasteiger partial charge on any atom is 0.354 e. The molecular weight excluding hydrogens is 458 g/mol. The number of aliphatic carboxylic acids is 1. The molecule has 2 N–H and O–H groups in total. The summed E-state index contributed by atoms with van der Waals surface area (Å²) in [6, 6.07) is 11.2. The molecule has 2 rings (SSSR count). The van der Waals surface area contributed by atoms with Crippen molar-refractivity contribution in [3.05, 3.63) is 56.5 Å². The number of rotatable bonds is 7. The molecular formula is C17H15Br2NO5. The van der Waals surface area contributed by atoms with Gasteiger partial charge in [0, 0.05) is 12.0 Å². The average Bonchev–Trinajstić information content (AvgIpc) is 2.60. The van der Waals surface area contributed by atoms with Crippen molar-refractivity contribution >= 4 is 43.5 Å². The number of halogens is 2. The number of nitrogens with zero attached hydrogens (tertiary/aromatic N) is 1. The third kappa shape index (κ3) is 4.73. The van der Waals surface area contributed by atoms with Gasteiger partial charge in [-0.05, 0) is 43.5 Å². The summed E-state index contributed by atoms with van der Waals surface area (Å²) in [6.45, 7) is 0.288. The maximum atomic E-state index is 11.1. The summed E-state index contributed by atoms with van der Waals surface area (Å²) in [4.78, 5) is 11.1. The molecule has 6 nitrogen and oxygen atoms in total. The lowest BCUT2D eigenvalue weighted by Gasteiger charge is -2.17. The number of carboxylic acids is 1. The molecule has 0 spiro atoms. The minimum absolute atomic E-state index is 0.114. The van der Waals surface area contributed by atoms with Gasteiger partial charge in [0.15, 0.2) is 11.5 Å². The third-order valence-electron chi connectivity index (χ3n) is 3.36. The molecule has 2 aromatic rings. The second-order valence-corrected chi connectivity index (χ2v) is 6.64. The van der Waals surface area contributed by atoms with Gasteiger partial charge in [-0.3, -0.25) is 0 Å². The Bertz CT molecular complexity index is 793. The first-order valence-electron chi connectivity index (χ1n) is 7.13. The highest BCUT2D eigenvalue weighted by atomic mass is 79.9. The number of carbonyl (C=O) groups is 1. The van der Waals surface area contributed by atoms with Gasteiger partial charge in [0.1, 0.15) is 16.8 Å². The van der Waals surface area contributed by atoms with Crippen molar-refractivity contribution < 1.29 is 24.6 Å². The highest BCUT2D eigenvalue weighted by Gasteiger charge is 2.21. The lowest BCUT2D eigenvalue weighted by Crippen LogP contribution is -2.17.